The number of amides is 1. The summed E-state index contributed by atoms with van der Waals surface area (Å²) in [6, 6.07) is 10.8. The fraction of sp³-hybridized carbons (Fsp3) is 0.167. The molecule has 2 aromatic heterocycles. The molecule has 0 saturated heterocycles. The molecule has 0 aliphatic heterocycles. The van der Waals surface area contributed by atoms with Crippen LogP contribution in [0.4, 0.5) is 0 Å². The highest BCUT2D eigenvalue weighted by atomic mass is 35.5. The average molecular weight is 358 g/mol. The SMILES string of the molecule is Cc1nc(-c2cccnc2)sc1CCNC(=O)c1ccc(Cl)cc1. The van der Waals surface area contributed by atoms with E-state index in [-0.39, 0.29) is 5.91 Å². The van der Waals surface area contributed by atoms with Crippen LogP contribution in [0.15, 0.2) is 48.8 Å². The van der Waals surface area contributed by atoms with E-state index in [0.29, 0.717) is 17.1 Å². The van der Waals surface area contributed by atoms with E-state index in [1.54, 1.807) is 41.8 Å². The van der Waals surface area contributed by atoms with Crippen LogP contribution in [-0.4, -0.2) is 22.4 Å². The predicted molar refractivity (Wildman–Crippen MR) is 97.6 cm³/mol. The number of carbonyl (C=O) groups is 1. The van der Waals surface area contributed by atoms with Gasteiger partial charge in [0.15, 0.2) is 0 Å². The van der Waals surface area contributed by atoms with Crippen molar-refractivity contribution in [1.82, 2.24) is 15.3 Å². The molecule has 0 radical (unpaired) electrons. The summed E-state index contributed by atoms with van der Waals surface area (Å²) in [6.45, 7) is 2.56. The van der Waals surface area contributed by atoms with Crippen molar-refractivity contribution in [2.45, 2.75) is 13.3 Å². The van der Waals surface area contributed by atoms with Crippen molar-refractivity contribution in [3.05, 3.63) is 69.9 Å². The first-order chi connectivity index (χ1) is 11.6. The number of aromatic nitrogens is 2. The van der Waals surface area contributed by atoms with Crippen LogP contribution in [0, 0.1) is 6.92 Å². The molecule has 0 unspecified atom stereocenters. The molecule has 1 aromatic carbocycles. The molecule has 1 N–H and O–H groups in total. The Labute approximate surface area is 149 Å². The zero-order valence-electron chi connectivity index (χ0n) is 13.1. The Hall–Kier alpha value is -2.24. The Kier molecular flexibility index (Phi) is 5.23. The van der Waals surface area contributed by atoms with Crippen molar-refractivity contribution >= 4 is 28.8 Å². The van der Waals surface area contributed by atoms with Gasteiger partial charge in [-0.2, -0.15) is 0 Å². The molecule has 6 heteroatoms. The van der Waals surface area contributed by atoms with E-state index in [1.165, 1.54) is 4.88 Å². The highest BCUT2D eigenvalue weighted by Crippen LogP contribution is 2.27. The number of thiazole rings is 1. The van der Waals surface area contributed by atoms with Crippen LogP contribution in [0.1, 0.15) is 20.9 Å². The zero-order chi connectivity index (χ0) is 16.9. The maximum atomic E-state index is 12.1. The predicted octanol–water partition coefficient (Wildman–Crippen LogP) is 4.14. The molecule has 3 rings (SSSR count). The van der Waals surface area contributed by atoms with Crippen LogP contribution in [-0.2, 0) is 6.42 Å². The van der Waals surface area contributed by atoms with Crippen molar-refractivity contribution in [2.24, 2.45) is 0 Å². The summed E-state index contributed by atoms with van der Waals surface area (Å²) in [5.41, 5.74) is 2.62. The smallest absolute Gasteiger partial charge is 0.251 e. The molecule has 0 aliphatic rings. The summed E-state index contributed by atoms with van der Waals surface area (Å²) in [6.07, 6.45) is 4.31. The summed E-state index contributed by atoms with van der Waals surface area (Å²) in [5, 5.41) is 4.51. The molecule has 4 nitrogen and oxygen atoms in total. The fourth-order valence-electron chi connectivity index (χ4n) is 2.27. The number of aryl methyl sites for hydroxylation is 1. The van der Waals surface area contributed by atoms with Gasteiger partial charge in [0.2, 0.25) is 0 Å². The van der Waals surface area contributed by atoms with Gasteiger partial charge in [0.25, 0.3) is 5.91 Å². The lowest BCUT2D eigenvalue weighted by molar-refractivity contribution is 0.0954. The first-order valence-electron chi connectivity index (χ1n) is 7.54. The summed E-state index contributed by atoms with van der Waals surface area (Å²) >= 11 is 7.47. The molecule has 122 valence electrons. The van der Waals surface area contributed by atoms with Gasteiger partial charge in [-0.15, -0.1) is 11.3 Å². The highest BCUT2D eigenvalue weighted by Gasteiger charge is 2.10. The van der Waals surface area contributed by atoms with E-state index in [1.807, 2.05) is 25.3 Å². The molecule has 1 amide bonds. The second-order valence-electron chi connectivity index (χ2n) is 5.28. The first-order valence-corrected chi connectivity index (χ1v) is 8.73. The van der Waals surface area contributed by atoms with Gasteiger partial charge in [0.1, 0.15) is 5.01 Å². The normalized spacial score (nSPS) is 10.6. The maximum Gasteiger partial charge on any atom is 0.251 e. The minimum absolute atomic E-state index is 0.0960. The summed E-state index contributed by atoms with van der Waals surface area (Å²) in [7, 11) is 0. The van der Waals surface area contributed by atoms with E-state index >= 15 is 0 Å². The standard InChI is InChI=1S/C18H16ClN3OS/c1-12-16(24-18(22-12)14-3-2-9-20-11-14)8-10-21-17(23)13-4-6-15(19)7-5-13/h2-7,9,11H,8,10H2,1H3,(H,21,23). The van der Waals surface area contributed by atoms with E-state index in [2.05, 4.69) is 15.3 Å². The number of benzene rings is 1. The Morgan fingerprint density at radius 2 is 2.04 bits per heavy atom. The van der Waals surface area contributed by atoms with Crippen molar-refractivity contribution in [3.8, 4) is 10.6 Å². The molecule has 0 saturated carbocycles. The van der Waals surface area contributed by atoms with Gasteiger partial charge in [0.05, 0.1) is 5.69 Å². The quantitative estimate of drug-likeness (QED) is 0.746. The van der Waals surface area contributed by atoms with Crippen molar-refractivity contribution in [2.75, 3.05) is 6.54 Å². The number of carbonyl (C=O) groups excluding carboxylic acids is 1. The number of hydrogen-bond donors (Lipinski definition) is 1. The van der Waals surface area contributed by atoms with Crippen LogP contribution >= 0.6 is 22.9 Å². The van der Waals surface area contributed by atoms with Gasteiger partial charge in [-0.3, -0.25) is 9.78 Å². The minimum Gasteiger partial charge on any atom is -0.352 e. The average Bonchev–Trinajstić information content (AvgIpc) is 2.97. The number of nitrogens with zero attached hydrogens (tertiary/aromatic N) is 2. The van der Waals surface area contributed by atoms with Gasteiger partial charge in [-0.25, -0.2) is 4.98 Å². The fourth-order valence-corrected chi connectivity index (χ4v) is 3.44. The lowest BCUT2D eigenvalue weighted by atomic mass is 10.2. The molecular weight excluding hydrogens is 342 g/mol. The van der Waals surface area contributed by atoms with Crippen LogP contribution in [0.5, 0.6) is 0 Å². The molecule has 0 bridgehead atoms. The topological polar surface area (TPSA) is 54.9 Å². The van der Waals surface area contributed by atoms with E-state index in [0.717, 1.165) is 22.7 Å². The van der Waals surface area contributed by atoms with Gasteiger partial charge in [-0.1, -0.05) is 11.6 Å². The Balaban J connectivity index is 1.60. The van der Waals surface area contributed by atoms with Crippen molar-refractivity contribution in [1.29, 1.82) is 0 Å². The van der Waals surface area contributed by atoms with Crippen LogP contribution in [0.25, 0.3) is 10.6 Å². The number of hydrogen-bond acceptors (Lipinski definition) is 4. The first kappa shape index (κ1) is 16.6. The second-order valence-corrected chi connectivity index (χ2v) is 6.80. The van der Waals surface area contributed by atoms with Gasteiger partial charge in [-0.05, 0) is 43.3 Å². The molecular formula is C18H16ClN3OS. The summed E-state index contributed by atoms with van der Waals surface area (Å²) in [4.78, 5) is 22.0. The molecule has 0 spiro atoms. The number of rotatable bonds is 5. The lowest BCUT2D eigenvalue weighted by Crippen LogP contribution is -2.25. The molecule has 0 atom stereocenters. The largest absolute Gasteiger partial charge is 0.352 e. The number of nitrogens with one attached hydrogen (secondary N) is 1. The Morgan fingerprint density at radius 1 is 1.25 bits per heavy atom. The van der Waals surface area contributed by atoms with Gasteiger partial charge >= 0.3 is 0 Å². The third kappa shape index (κ3) is 3.99. The maximum absolute atomic E-state index is 12.1. The highest BCUT2D eigenvalue weighted by molar-refractivity contribution is 7.15. The Morgan fingerprint density at radius 3 is 2.75 bits per heavy atom. The van der Waals surface area contributed by atoms with Crippen LogP contribution < -0.4 is 5.32 Å². The molecule has 2 heterocycles. The van der Waals surface area contributed by atoms with Crippen LogP contribution in [0.2, 0.25) is 5.02 Å². The van der Waals surface area contributed by atoms with E-state index < -0.39 is 0 Å². The third-order valence-electron chi connectivity index (χ3n) is 3.55. The van der Waals surface area contributed by atoms with E-state index in [4.69, 9.17) is 11.6 Å². The summed E-state index contributed by atoms with van der Waals surface area (Å²) in [5.74, 6) is -0.0960. The monoisotopic (exact) mass is 357 g/mol. The van der Waals surface area contributed by atoms with Crippen LogP contribution in [0.3, 0.4) is 0 Å². The molecule has 3 aromatic rings. The van der Waals surface area contributed by atoms with Crippen molar-refractivity contribution < 1.29 is 4.79 Å². The zero-order valence-corrected chi connectivity index (χ0v) is 14.7. The number of halogens is 1. The third-order valence-corrected chi connectivity index (χ3v) is 5.06. The van der Waals surface area contributed by atoms with Crippen molar-refractivity contribution in [3.63, 3.8) is 0 Å². The van der Waals surface area contributed by atoms with Gasteiger partial charge < -0.3 is 5.32 Å². The summed E-state index contributed by atoms with van der Waals surface area (Å²) < 4.78 is 0. The van der Waals surface area contributed by atoms with E-state index in [9.17, 15) is 4.79 Å². The number of pyridine rings is 1. The van der Waals surface area contributed by atoms with Gasteiger partial charge in [0, 0.05) is 46.4 Å². The Bertz CT molecular complexity index is 831. The molecule has 24 heavy (non-hydrogen) atoms. The minimum atomic E-state index is -0.0960. The second kappa shape index (κ2) is 7.55. The molecule has 0 aliphatic carbocycles. The lowest BCUT2D eigenvalue weighted by Gasteiger charge is -2.04. The molecule has 0 fully saturated rings.